The van der Waals surface area contributed by atoms with E-state index >= 15 is 0 Å². The van der Waals surface area contributed by atoms with Crippen molar-refractivity contribution < 1.29 is 19.3 Å². The van der Waals surface area contributed by atoms with Crippen molar-refractivity contribution in [3.63, 3.8) is 0 Å². The van der Waals surface area contributed by atoms with E-state index in [0.717, 1.165) is 19.5 Å². The van der Waals surface area contributed by atoms with Gasteiger partial charge in [0.15, 0.2) is 5.96 Å². The molecule has 2 unspecified atom stereocenters. The Morgan fingerprint density at radius 2 is 1.68 bits per heavy atom. The van der Waals surface area contributed by atoms with Crippen molar-refractivity contribution in [3.8, 4) is 11.5 Å². The van der Waals surface area contributed by atoms with Gasteiger partial charge in [0.2, 0.25) is 0 Å². The molecule has 0 aliphatic rings. The summed E-state index contributed by atoms with van der Waals surface area (Å²) in [4.78, 5) is 4.50. The van der Waals surface area contributed by atoms with E-state index in [4.69, 9.17) is 14.2 Å². The number of ether oxygens (including phenoxy) is 3. The summed E-state index contributed by atoms with van der Waals surface area (Å²) in [6.07, 6.45) is 0.143. The van der Waals surface area contributed by atoms with Crippen molar-refractivity contribution in [2.75, 3.05) is 40.5 Å². The van der Waals surface area contributed by atoms with Crippen LogP contribution in [0.25, 0.3) is 0 Å². The first-order valence-corrected chi connectivity index (χ1v) is 10.7. The third-order valence-electron chi connectivity index (χ3n) is 4.78. The molecule has 31 heavy (non-hydrogen) atoms. The van der Waals surface area contributed by atoms with Crippen molar-refractivity contribution in [2.24, 2.45) is 4.99 Å². The largest absolute Gasteiger partial charge is 0.497 e. The zero-order valence-electron chi connectivity index (χ0n) is 18.9. The Kier molecular flexibility index (Phi) is 10.7. The van der Waals surface area contributed by atoms with Gasteiger partial charge in [-0.3, -0.25) is 4.99 Å². The van der Waals surface area contributed by atoms with Gasteiger partial charge in [0.25, 0.3) is 0 Å². The van der Waals surface area contributed by atoms with Crippen molar-refractivity contribution in [3.05, 3.63) is 59.7 Å². The molecule has 0 fully saturated rings. The molecule has 0 saturated heterocycles. The van der Waals surface area contributed by atoms with Gasteiger partial charge in [0.05, 0.1) is 33.0 Å². The van der Waals surface area contributed by atoms with Crippen molar-refractivity contribution >= 4 is 5.96 Å². The zero-order chi connectivity index (χ0) is 22.5. The van der Waals surface area contributed by atoms with Crippen LogP contribution in [-0.4, -0.2) is 51.5 Å². The monoisotopic (exact) mass is 429 g/mol. The van der Waals surface area contributed by atoms with Gasteiger partial charge >= 0.3 is 0 Å². The average molecular weight is 430 g/mol. The number of aliphatic hydroxyl groups excluding tert-OH is 1. The van der Waals surface area contributed by atoms with Crippen LogP contribution in [0, 0.1) is 0 Å². The molecule has 0 aliphatic heterocycles. The van der Waals surface area contributed by atoms with Crippen molar-refractivity contribution in [1.29, 1.82) is 0 Å². The normalized spacial score (nSPS) is 13.4. The molecule has 7 heteroatoms. The molecule has 2 aromatic carbocycles. The highest BCUT2D eigenvalue weighted by molar-refractivity contribution is 5.79. The summed E-state index contributed by atoms with van der Waals surface area (Å²) in [5.41, 5.74) is 1.87. The molecular formula is C24H35N3O4. The fraction of sp³-hybridized carbons (Fsp3) is 0.458. The number of nitrogens with zero attached hydrogens (tertiary/aromatic N) is 1. The van der Waals surface area contributed by atoms with Gasteiger partial charge in [-0.15, -0.1) is 0 Å². The summed E-state index contributed by atoms with van der Waals surface area (Å²) in [6.45, 7) is 6.38. The van der Waals surface area contributed by atoms with E-state index in [1.807, 2.05) is 25.1 Å². The van der Waals surface area contributed by atoms with Crippen molar-refractivity contribution in [1.82, 2.24) is 10.6 Å². The number of guanidine groups is 1. The topological polar surface area (TPSA) is 84.3 Å². The first kappa shape index (κ1) is 24.5. The van der Waals surface area contributed by atoms with Gasteiger partial charge in [-0.05, 0) is 43.5 Å². The minimum Gasteiger partial charge on any atom is -0.497 e. The molecule has 2 aromatic rings. The van der Waals surface area contributed by atoms with E-state index in [-0.39, 0.29) is 12.6 Å². The molecule has 3 N–H and O–H groups in total. The minimum atomic E-state index is -0.769. The third kappa shape index (κ3) is 8.47. The maximum absolute atomic E-state index is 10.6. The Balaban J connectivity index is 1.81. The van der Waals surface area contributed by atoms with Gasteiger partial charge in [-0.25, -0.2) is 0 Å². The number of aliphatic imine (C=N–C) groups is 1. The Morgan fingerprint density at radius 3 is 2.29 bits per heavy atom. The van der Waals surface area contributed by atoms with Crippen molar-refractivity contribution in [2.45, 2.75) is 32.5 Å². The van der Waals surface area contributed by atoms with Gasteiger partial charge in [0, 0.05) is 25.8 Å². The van der Waals surface area contributed by atoms with E-state index in [9.17, 15) is 5.11 Å². The van der Waals surface area contributed by atoms with Crippen LogP contribution in [0.4, 0.5) is 0 Å². The second-order valence-electron chi connectivity index (χ2n) is 7.09. The summed E-state index contributed by atoms with van der Waals surface area (Å²) in [5, 5.41) is 17.0. The molecule has 170 valence electrons. The maximum Gasteiger partial charge on any atom is 0.191 e. The fourth-order valence-electron chi connectivity index (χ4n) is 3.01. The molecule has 0 saturated carbocycles. The van der Waals surface area contributed by atoms with Crippen LogP contribution in [-0.2, 0) is 4.74 Å². The number of hydrogen-bond donors (Lipinski definition) is 3. The highest BCUT2D eigenvalue weighted by Gasteiger charge is 2.11. The average Bonchev–Trinajstić information content (AvgIpc) is 2.81. The summed E-state index contributed by atoms with van der Waals surface area (Å²) in [7, 11) is 3.17. The predicted octanol–water partition coefficient (Wildman–Crippen LogP) is 3.46. The second kappa shape index (κ2) is 13.5. The molecule has 0 aromatic heterocycles. The molecule has 0 bridgehead atoms. The maximum atomic E-state index is 10.6. The Morgan fingerprint density at radius 1 is 1.00 bits per heavy atom. The molecule has 0 heterocycles. The van der Waals surface area contributed by atoms with Crippen LogP contribution in [0.1, 0.15) is 43.6 Å². The van der Waals surface area contributed by atoms with Crippen LogP contribution >= 0.6 is 0 Å². The molecule has 2 atom stereocenters. The van der Waals surface area contributed by atoms with Crippen LogP contribution in [0.2, 0.25) is 0 Å². The molecule has 0 amide bonds. The molecule has 0 aliphatic carbocycles. The lowest BCUT2D eigenvalue weighted by Crippen LogP contribution is -2.38. The SMILES string of the molecule is CCNC(=NCC(O)c1cc(OC)cc(OC)c1)NCCCOC(C)c1ccccc1. The quantitative estimate of drug-likeness (QED) is 0.272. The van der Waals surface area contributed by atoms with E-state index in [1.165, 1.54) is 5.56 Å². The van der Waals surface area contributed by atoms with Gasteiger partial charge in [-0.2, -0.15) is 0 Å². The smallest absolute Gasteiger partial charge is 0.191 e. The van der Waals surface area contributed by atoms with Gasteiger partial charge < -0.3 is 30.0 Å². The van der Waals surface area contributed by atoms with Crippen LogP contribution in [0.3, 0.4) is 0 Å². The molecule has 7 nitrogen and oxygen atoms in total. The van der Waals surface area contributed by atoms with Crippen LogP contribution in [0.5, 0.6) is 11.5 Å². The van der Waals surface area contributed by atoms with E-state index in [0.29, 0.717) is 29.6 Å². The Hall–Kier alpha value is -2.77. The second-order valence-corrected chi connectivity index (χ2v) is 7.09. The number of rotatable bonds is 12. The van der Waals surface area contributed by atoms with Crippen LogP contribution in [0.15, 0.2) is 53.5 Å². The van der Waals surface area contributed by atoms with Gasteiger partial charge in [-0.1, -0.05) is 30.3 Å². The van der Waals surface area contributed by atoms with E-state index in [2.05, 4.69) is 34.7 Å². The zero-order valence-corrected chi connectivity index (χ0v) is 18.9. The standard InChI is InChI=1S/C24H35N3O4/c1-5-25-24(26-12-9-13-31-18(2)19-10-7-6-8-11-19)27-17-23(28)20-14-21(29-3)16-22(15-20)30-4/h6-8,10-11,14-16,18,23,28H,5,9,12-13,17H2,1-4H3,(H2,25,26,27). The fourth-order valence-corrected chi connectivity index (χ4v) is 3.01. The number of benzene rings is 2. The first-order chi connectivity index (χ1) is 15.1. The Bertz CT molecular complexity index is 776. The third-order valence-corrected chi connectivity index (χ3v) is 4.78. The molecular weight excluding hydrogens is 394 g/mol. The predicted molar refractivity (Wildman–Crippen MR) is 124 cm³/mol. The lowest BCUT2D eigenvalue weighted by atomic mass is 10.1. The number of nitrogens with one attached hydrogen (secondary N) is 2. The molecule has 2 rings (SSSR count). The summed E-state index contributed by atoms with van der Waals surface area (Å²) < 4.78 is 16.4. The number of methoxy groups -OCH3 is 2. The number of hydrogen-bond acceptors (Lipinski definition) is 5. The first-order valence-electron chi connectivity index (χ1n) is 10.7. The lowest BCUT2D eigenvalue weighted by molar-refractivity contribution is 0.0646. The van der Waals surface area contributed by atoms with Crippen LogP contribution < -0.4 is 20.1 Å². The van der Waals surface area contributed by atoms with E-state index in [1.54, 1.807) is 32.4 Å². The summed E-state index contributed by atoms with van der Waals surface area (Å²) in [6, 6.07) is 15.5. The highest BCUT2D eigenvalue weighted by Crippen LogP contribution is 2.26. The summed E-state index contributed by atoms with van der Waals surface area (Å²) in [5.74, 6) is 1.92. The Labute approximate surface area is 185 Å². The summed E-state index contributed by atoms with van der Waals surface area (Å²) >= 11 is 0. The lowest BCUT2D eigenvalue weighted by Gasteiger charge is -2.16. The molecule has 0 radical (unpaired) electrons. The van der Waals surface area contributed by atoms with E-state index < -0.39 is 6.10 Å². The highest BCUT2D eigenvalue weighted by atomic mass is 16.5. The molecule has 0 spiro atoms. The van der Waals surface area contributed by atoms with Gasteiger partial charge in [0.1, 0.15) is 11.5 Å². The number of aliphatic hydroxyl groups is 1. The minimum absolute atomic E-state index is 0.0677.